The van der Waals surface area contributed by atoms with Crippen LogP contribution in [0.4, 0.5) is 19.0 Å². The molecule has 1 N–H and O–H groups in total. The molecule has 38 heavy (non-hydrogen) atoms. The lowest BCUT2D eigenvalue weighted by molar-refractivity contribution is 0.102. The number of ether oxygens (including phenoxy) is 1. The highest BCUT2D eigenvalue weighted by Crippen LogP contribution is 2.32. The fourth-order valence-electron chi connectivity index (χ4n) is 4.02. The molecule has 5 aromatic rings. The average molecular weight is 541 g/mol. The van der Waals surface area contributed by atoms with Gasteiger partial charge in [-0.15, -0.1) is 0 Å². The minimum atomic E-state index is -2.87. The quantitative estimate of drug-likeness (QED) is 0.276. The Morgan fingerprint density at radius 1 is 1.16 bits per heavy atom. The van der Waals surface area contributed by atoms with Crippen LogP contribution >= 0.6 is 11.6 Å². The molecule has 0 aliphatic carbocycles. The van der Waals surface area contributed by atoms with E-state index in [1.54, 1.807) is 48.0 Å². The number of para-hydroxylation sites is 1. The van der Waals surface area contributed by atoms with E-state index in [1.165, 1.54) is 31.5 Å². The Labute approximate surface area is 219 Å². The van der Waals surface area contributed by atoms with Gasteiger partial charge in [0.2, 0.25) is 0 Å². The molecular formula is C26H20ClF3N6O2. The molecule has 0 aliphatic heterocycles. The Morgan fingerprint density at radius 3 is 2.68 bits per heavy atom. The van der Waals surface area contributed by atoms with Crippen LogP contribution < -0.4 is 10.1 Å². The van der Waals surface area contributed by atoms with E-state index in [0.717, 1.165) is 4.52 Å². The molecule has 0 atom stereocenters. The number of halogens is 4. The van der Waals surface area contributed by atoms with Crippen molar-refractivity contribution in [3.05, 3.63) is 94.1 Å². The van der Waals surface area contributed by atoms with E-state index in [0.29, 0.717) is 22.6 Å². The summed E-state index contributed by atoms with van der Waals surface area (Å²) in [6.07, 6.45) is -1.70. The Hall–Kier alpha value is -4.38. The van der Waals surface area contributed by atoms with Crippen molar-refractivity contribution in [1.29, 1.82) is 0 Å². The van der Waals surface area contributed by atoms with Gasteiger partial charge in [0.1, 0.15) is 22.8 Å². The molecule has 0 aliphatic rings. The third kappa shape index (κ3) is 4.80. The Morgan fingerprint density at radius 2 is 1.95 bits per heavy atom. The van der Waals surface area contributed by atoms with Crippen molar-refractivity contribution in [2.75, 3.05) is 12.4 Å². The van der Waals surface area contributed by atoms with Crippen molar-refractivity contribution in [1.82, 2.24) is 24.4 Å². The number of aryl methyl sites for hydroxylation is 1. The van der Waals surface area contributed by atoms with Crippen LogP contribution in [0.2, 0.25) is 5.02 Å². The highest BCUT2D eigenvalue weighted by Gasteiger charge is 2.23. The van der Waals surface area contributed by atoms with Gasteiger partial charge in [-0.1, -0.05) is 29.8 Å². The molecule has 1 amide bonds. The maximum absolute atomic E-state index is 13.9. The number of aromatic nitrogens is 5. The fourth-order valence-corrected chi connectivity index (χ4v) is 4.25. The van der Waals surface area contributed by atoms with Gasteiger partial charge in [-0.3, -0.25) is 9.48 Å². The molecule has 194 valence electrons. The van der Waals surface area contributed by atoms with Crippen LogP contribution in [0.5, 0.6) is 5.75 Å². The molecule has 0 bridgehead atoms. The summed E-state index contributed by atoms with van der Waals surface area (Å²) in [5.41, 5.74) is 1.56. The van der Waals surface area contributed by atoms with Gasteiger partial charge in [0.05, 0.1) is 25.5 Å². The summed E-state index contributed by atoms with van der Waals surface area (Å²) in [5, 5.41) is 11.3. The van der Waals surface area contributed by atoms with E-state index >= 15 is 0 Å². The van der Waals surface area contributed by atoms with E-state index in [9.17, 15) is 18.0 Å². The second kappa shape index (κ2) is 10.2. The minimum Gasteiger partial charge on any atom is -0.496 e. The third-order valence-electron chi connectivity index (χ3n) is 5.91. The fraction of sp³-hybridized carbons (Fsp3) is 0.154. The summed E-state index contributed by atoms with van der Waals surface area (Å²) in [5.74, 6) is -0.415. The zero-order valence-electron chi connectivity index (χ0n) is 20.1. The van der Waals surface area contributed by atoms with Gasteiger partial charge in [-0.2, -0.15) is 10.2 Å². The van der Waals surface area contributed by atoms with Gasteiger partial charge in [0, 0.05) is 22.3 Å². The second-order valence-corrected chi connectivity index (χ2v) is 8.79. The standard InChI is InChI=1S/C26H20ClF3N6O2/c1-14-9-23(34-35(14)13-15-7-8-16(28)10-19(15)27)33-26(37)18-12-31-36-21(24(29)30)11-20(32-25(18)36)17-5-3-4-6-22(17)38-2/h3-12,24H,13H2,1-2H3,(H,33,34,37). The van der Waals surface area contributed by atoms with Gasteiger partial charge in [0.25, 0.3) is 12.3 Å². The summed E-state index contributed by atoms with van der Waals surface area (Å²) >= 11 is 6.13. The molecule has 12 heteroatoms. The van der Waals surface area contributed by atoms with E-state index in [2.05, 4.69) is 20.5 Å². The maximum Gasteiger partial charge on any atom is 0.280 e. The van der Waals surface area contributed by atoms with Gasteiger partial charge >= 0.3 is 0 Å². The zero-order valence-corrected chi connectivity index (χ0v) is 20.9. The molecular weight excluding hydrogens is 521 g/mol. The molecule has 0 spiro atoms. The largest absolute Gasteiger partial charge is 0.496 e. The summed E-state index contributed by atoms with van der Waals surface area (Å²) in [6, 6.07) is 13.8. The van der Waals surface area contributed by atoms with Crippen molar-refractivity contribution in [3.63, 3.8) is 0 Å². The van der Waals surface area contributed by atoms with Crippen LogP contribution in [-0.4, -0.2) is 37.4 Å². The predicted molar refractivity (Wildman–Crippen MR) is 135 cm³/mol. The van der Waals surface area contributed by atoms with Gasteiger partial charge in [-0.05, 0) is 42.8 Å². The van der Waals surface area contributed by atoms with Crippen LogP contribution in [-0.2, 0) is 6.54 Å². The molecule has 0 fully saturated rings. The number of carbonyl (C=O) groups excluding carboxylic acids is 1. The van der Waals surface area contributed by atoms with E-state index in [-0.39, 0.29) is 34.3 Å². The minimum absolute atomic E-state index is 0.0163. The molecule has 3 aromatic heterocycles. The molecule has 5 rings (SSSR count). The third-order valence-corrected chi connectivity index (χ3v) is 6.26. The lowest BCUT2D eigenvalue weighted by Crippen LogP contribution is -2.14. The summed E-state index contributed by atoms with van der Waals surface area (Å²) in [4.78, 5) is 17.7. The lowest BCUT2D eigenvalue weighted by Gasteiger charge is -2.11. The number of benzene rings is 2. The Bertz CT molecular complexity index is 1670. The smallest absolute Gasteiger partial charge is 0.280 e. The monoisotopic (exact) mass is 540 g/mol. The molecule has 0 saturated heterocycles. The first-order valence-corrected chi connectivity index (χ1v) is 11.7. The molecule has 2 aromatic carbocycles. The lowest BCUT2D eigenvalue weighted by atomic mass is 10.1. The van der Waals surface area contributed by atoms with Crippen molar-refractivity contribution in [3.8, 4) is 17.0 Å². The summed E-state index contributed by atoms with van der Waals surface area (Å²) in [6.45, 7) is 2.03. The average Bonchev–Trinajstić information content (AvgIpc) is 3.47. The first-order valence-electron chi connectivity index (χ1n) is 11.3. The molecule has 0 unspecified atom stereocenters. The highest BCUT2D eigenvalue weighted by molar-refractivity contribution is 6.31. The summed E-state index contributed by atoms with van der Waals surface area (Å²) < 4.78 is 49.2. The number of carbonyl (C=O) groups is 1. The van der Waals surface area contributed by atoms with Crippen molar-refractivity contribution < 1.29 is 22.7 Å². The Balaban J connectivity index is 1.48. The van der Waals surface area contributed by atoms with E-state index in [4.69, 9.17) is 16.3 Å². The first kappa shape index (κ1) is 25.3. The van der Waals surface area contributed by atoms with Crippen LogP contribution in [0.25, 0.3) is 16.9 Å². The van der Waals surface area contributed by atoms with Crippen LogP contribution in [0.15, 0.2) is 60.8 Å². The highest BCUT2D eigenvalue weighted by atomic mass is 35.5. The van der Waals surface area contributed by atoms with Gasteiger partial charge < -0.3 is 10.1 Å². The topological polar surface area (TPSA) is 86.3 Å². The predicted octanol–water partition coefficient (Wildman–Crippen LogP) is 5.94. The molecule has 0 radical (unpaired) electrons. The number of methoxy groups -OCH3 is 1. The van der Waals surface area contributed by atoms with Crippen molar-refractivity contribution in [2.45, 2.75) is 19.9 Å². The SMILES string of the molecule is COc1ccccc1-c1cc(C(F)F)n2ncc(C(=O)Nc3cc(C)n(Cc4ccc(F)cc4Cl)n3)c2n1. The molecule has 8 nitrogen and oxygen atoms in total. The van der Waals surface area contributed by atoms with Crippen LogP contribution in [0, 0.1) is 12.7 Å². The number of fused-ring (bicyclic) bond motifs is 1. The molecule has 0 saturated carbocycles. The molecule has 3 heterocycles. The van der Waals surface area contributed by atoms with Crippen molar-refractivity contribution in [2.24, 2.45) is 0 Å². The van der Waals surface area contributed by atoms with Crippen LogP contribution in [0.3, 0.4) is 0 Å². The number of nitrogens with one attached hydrogen (secondary N) is 1. The normalized spacial score (nSPS) is 11.3. The van der Waals surface area contributed by atoms with E-state index in [1.807, 2.05) is 0 Å². The Kier molecular flexibility index (Phi) is 6.77. The first-order chi connectivity index (χ1) is 18.2. The van der Waals surface area contributed by atoms with Gasteiger partial charge in [0.15, 0.2) is 11.5 Å². The summed E-state index contributed by atoms with van der Waals surface area (Å²) in [7, 11) is 1.47. The van der Waals surface area contributed by atoms with Gasteiger partial charge in [-0.25, -0.2) is 22.7 Å². The number of amides is 1. The number of hydrogen-bond donors (Lipinski definition) is 1. The number of nitrogens with zero attached hydrogens (tertiary/aromatic N) is 5. The van der Waals surface area contributed by atoms with Crippen LogP contribution in [0.1, 0.15) is 33.7 Å². The number of rotatable bonds is 7. The second-order valence-electron chi connectivity index (χ2n) is 8.38. The maximum atomic E-state index is 13.9. The zero-order chi connectivity index (χ0) is 27.0. The number of alkyl halides is 2. The van der Waals surface area contributed by atoms with E-state index < -0.39 is 23.8 Å². The number of anilines is 1. The van der Waals surface area contributed by atoms with Crippen molar-refractivity contribution >= 4 is 29.0 Å². The number of hydrogen-bond acceptors (Lipinski definition) is 5.